The van der Waals surface area contributed by atoms with Gasteiger partial charge in [0.1, 0.15) is 5.58 Å². The molecule has 3 heterocycles. The van der Waals surface area contributed by atoms with Gasteiger partial charge in [-0.15, -0.1) is 0 Å². The van der Waals surface area contributed by atoms with Gasteiger partial charge < -0.3 is 13.9 Å². The van der Waals surface area contributed by atoms with Crippen molar-refractivity contribution in [1.29, 1.82) is 0 Å². The number of amides is 1. The fourth-order valence-corrected chi connectivity index (χ4v) is 3.22. The molecule has 134 valence electrons. The number of para-hydroxylation sites is 1. The van der Waals surface area contributed by atoms with Gasteiger partial charge in [-0.3, -0.25) is 14.5 Å². The number of imidazole rings is 1. The van der Waals surface area contributed by atoms with Crippen LogP contribution in [-0.2, 0) is 6.54 Å². The monoisotopic (exact) mass is 352 g/mol. The van der Waals surface area contributed by atoms with Crippen LogP contribution in [0.3, 0.4) is 0 Å². The van der Waals surface area contributed by atoms with Gasteiger partial charge in [0.05, 0.1) is 11.7 Å². The van der Waals surface area contributed by atoms with Gasteiger partial charge in [-0.25, -0.2) is 4.98 Å². The highest BCUT2D eigenvalue weighted by Crippen LogP contribution is 2.14. The lowest BCUT2D eigenvalue weighted by atomic mass is 10.2. The smallest absolute Gasteiger partial charge is 0.289 e. The van der Waals surface area contributed by atoms with E-state index < -0.39 is 0 Å². The molecular weight excluding hydrogens is 332 g/mol. The molecule has 7 nitrogen and oxygen atoms in total. The maximum atomic E-state index is 12.7. The van der Waals surface area contributed by atoms with Gasteiger partial charge >= 0.3 is 0 Å². The topological polar surface area (TPSA) is 71.6 Å². The Kier molecular flexibility index (Phi) is 4.53. The van der Waals surface area contributed by atoms with Crippen LogP contribution in [0, 0.1) is 0 Å². The van der Waals surface area contributed by atoms with E-state index in [0.29, 0.717) is 24.1 Å². The minimum Gasteiger partial charge on any atom is -0.451 e. The van der Waals surface area contributed by atoms with Crippen molar-refractivity contribution < 1.29 is 9.21 Å². The van der Waals surface area contributed by atoms with Crippen LogP contribution in [0.15, 0.2) is 58.3 Å². The molecule has 0 spiro atoms. The van der Waals surface area contributed by atoms with Gasteiger partial charge in [0.25, 0.3) is 5.91 Å². The van der Waals surface area contributed by atoms with Crippen LogP contribution in [0.5, 0.6) is 0 Å². The number of hydrogen-bond donors (Lipinski definition) is 0. The normalized spacial score (nSPS) is 15.5. The predicted molar refractivity (Wildman–Crippen MR) is 97.1 cm³/mol. The third kappa shape index (κ3) is 3.39. The number of piperazine rings is 1. The first-order valence-electron chi connectivity index (χ1n) is 8.71. The zero-order chi connectivity index (χ0) is 17.9. The Balaban J connectivity index is 1.40. The fourth-order valence-electron chi connectivity index (χ4n) is 3.22. The predicted octanol–water partition coefficient (Wildman–Crippen LogP) is 1.45. The summed E-state index contributed by atoms with van der Waals surface area (Å²) in [7, 11) is 0. The van der Waals surface area contributed by atoms with Gasteiger partial charge in [0.15, 0.2) is 11.2 Å². The van der Waals surface area contributed by atoms with Crippen LogP contribution in [0.1, 0.15) is 10.6 Å². The summed E-state index contributed by atoms with van der Waals surface area (Å²) in [6, 6.07) is 8.29. The summed E-state index contributed by atoms with van der Waals surface area (Å²) in [6.45, 7) is 4.66. The van der Waals surface area contributed by atoms with E-state index in [-0.39, 0.29) is 17.1 Å². The number of fused-ring (bicyclic) bond motifs is 1. The van der Waals surface area contributed by atoms with Gasteiger partial charge in [-0.05, 0) is 12.1 Å². The number of carbonyl (C=O) groups excluding carboxylic acids is 1. The number of benzene rings is 1. The maximum Gasteiger partial charge on any atom is 0.289 e. The molecule has 0 radical (unpaired) electrons. The summed E-state index contributed by atoms with van der Waals surface area (Å²) in [5.74, 6) is -0.109. The third-order valence-corrected chi connectivity index (χ3v) is 4.74. The minimum atomic E-state index is -0.220. The molecule has 1 saturated heterocycles. The van der Waals surface area contributed by atoms with Crippen LogP contribution < -0.4 is 5.43 Å². The zero-order valence-corrected chi connectivity index (χ0v) is 14.4. The molecule has 1 fully saturated rings. The van der Waals surface area contributed by atoms with Crippen LogP contribution >= 0.6 is 0 Å². The summed E-state index contributed by atoms with van der Waals surface area (Å²) >= 11 is 0. The van der Waals surface area contributed by atoms with Gasteiger partial charge in [0.2, 0.25) is 0 Å². The average Bonchev–Trinajstić information content (AvgIpc) is 3.20. The SMILES string of the molecule is O=C(c1cc(=O)c2ccccc2o1)N1CCN(CCn2ccnc2)CC1. The van der Waals surface area contributed by atoms with E-state index in [0.717, 1.165) is 26.2 Å². The summed E-state index contributed by atoms with van der Waals surface area (Å²) in [5, 5.41) is 0.494. The van der Waals surface area contributed by atoms with E-state index in [1.54, 1.807) is 35.4 Å². The molecule has 1 aromatic carbocycles. The van der Waals surface area contributed by atoms with Crippen molar-refractivity contribution in [2.45, 2.75) is 6.54 Å². The molecule has 1 aliphatic rings. The standard InChI is InChI=1S/C19H20N4O3/c24-16-13-18(26-17-4-2-1-3-15(16)17)19(25)23-11-9-21(10-12-23)7-8-22-6-5-20-14-22/h1-6,13-14H,7-12H2. The van der Waals surface area contributed by atoms with E-state index in [4.69, 9.17) is 4.42 Å². The quantitative estimate of drug-likeness (QED) is 0.711. The Morgan fingerprint density at radius 1 is 1.12 bits per heavy atom. The molecule has 1 amide bonds. The molecule has 0 atom stereocenters. The highest BCUT2D eigenvalue weighted by Gasteiger charge is 2.24. The highest BCUT2D eigenvalue weighted by molar-refractivity contribution is 5.93. The van der Waals surface area contributed by atoms with E-state index >= 15 is 0 Å². The number of nitrogens with zero attached hydrogens (tertiary/aromatic N) is 4. The molecule has 4 rings (SSSR count). The van der Waals surface area contributed by atoms with Crippen LogP contribution in [-0.4, -0.2) is 58.0 Å². The van der Waals surface area contributed by atoms with Crippen molar-refractivity contribution in [2.24, 2.45) is 0 Å². The van der Waals surface area contributed by atoms with E-state index in [9.17, 15) is 9.59 Å². The fraction of sp³-hybridized carbons (Fsp3) is 0.316. The number of aromatic nitrogens is 2. The maximum absolute atomic E-state index is 12.7. The first-order chi connectivity index (χ1) is 12.7. The molecule has 3 aromatic rings. The summed E-state index contributed by atoms with van der Waals surface area (Å²) in [5.41, 5.74) is 0.261. The van der Waals surface area contributed by atoms with E-state index in [1.165, 1.54) is 6.07 Å². The van der Waals surface area contributed by atoms with Crippen molar-refractivity contribution in [3.8, 4) is 0 Å². The number of rotatable bonds is 4. The number of hydrogen-bond acceptors (Lipinski definition) is 5. The molecule has 0 saturated carbocycles. The van der Waals surface area contributed by atoms with Gasteiger partial charge in [0, 0.05) is 57.7 Å². The molecule has 26 heavy (non-hydrogen) atoms. The molecule has 1 aliphatic heterocycles. The van der Waals surface area contributed by atoms with Crippen LogP contribution in [0.25, 0.3) is 11.0 Å². The van der Waals surface area contributed by atoms with Crippen molar-refractivity contribution in [1.82, 2.24) is 19.4 Å². The van der Waals surface area contributed by atoms with Gasteiger partial charge in [-0.2, -0.15) is 0 Å². The molecule has 0 N–H and O–H groups in total. The lowest BCUT2D eigenvalue weighted by Gasteiger charge is -2.34. The minimum absolute atomic E-state index is 0.112. The van der Waals surface area contributed by atoms with E-state index in [2.05, 4.69) is 9.88 Å². The van der Waals surface area contributed by atoms with Crippen molar-refractivity contribution in [3.63, 3.8) is 0 Å². The molecular formula is C19H20N4O3. The molecule has 0 unspecified atom stereocenters. The lowest BCUT2D eigenvalue weighted by molar-refractivity contribution is 0.0603. The Bertz CT molecular complexity index is 956. The Morgan fingerprint density at radius 2 is 1.92 bits per heavy atom. The summed E-state index contributed by atoms with van der Waals surface area (Å²) in [6.07, 6.45) is 5.52. The Morgan fingerprint density at radius 3 is 2.69 bits per heavy atom. The lowest BCUT2D eigenvalue weighted by Crippen LogP contribution is -2.49. The Hall–Kier alpha value is -2.93. The molecule has 7 heteroatoms. The molecule has 0 bridgehead atoms. The van der Waals surface area contributed by atoms with Crippen molar-refractivity contribution >= 4 is 16.9 Å². The second-order valence-electron chi connectivity index (χ2n) is 6.41. The zero-order valence-electron chi connectivity index (χ0n) is 14.4. The first kappa shape index (κ1) is 16.5. The average molecular weight is 352 g/mol. The van der Waals surface area contributed by atoms with Crippen molar-refractivity contribution in [3.05, 3.63) is 65.0 Å². The third-order valence-electron chi connectivity index (χ3n) is 4.74. The summed E-state index contributed by atoms with van der Waals surface area (Å²) in [4.78, 5) is 33.0. The van der Waals surface area contributed by atoms with Gasteiger partial charge in [-0.1, -0.05) is 12.1 Å². The number of carbonyl (C=O) groups is 1. The van der Waals surface area contributed by atoms with Crippen molar-refractivity contribution in [2.75, 3.05) is 32.7 Å². The van der Waals surface area contributed by atoms with Crippen LogP contribution in [0.2, 0.25) is 0 Å². The van der Waals surface area contributed by atoms with E-state index in [1.807, 2.05) is 17.1 Å². The Labute approximate surface area is 150 Å². The summed E-state index contributed by atoms with van der Waals surface area (Å²) < 4.78 is 7.71. The molecule has 2 aromatic heterocycles. The second-order valence-corrected chi connectivity index (χ2v) is 6.41. The van der Waals surface area contributed by atoms with Crippen LogP contribution in [0.4, 0.5) is 0 Å². The second kappa shape index (κ2) is 7.13. The largest absolute Gasteiger partial charge is 0.451 e. The molecule has 0 aliphatic carbocycles. The first-order valence-corrected chi connectivity index (χ1v) is 8.71. The highest BCUT2D eigenvalue weighted by atomic mass is 16.3.